The Hall–Kier alpha value is -3.14. The fraction of sp³-hybridized carbons (Fsp3) is 0.136. The molecule has 3 nitrogen and oxygen atoms in total. The highest BCUT2D eigenvalue weighted by Crippen LogP contribution is 2.48. The molecule has 0 aromatic heterocycles. The number of phenolic OH excluding ortho intramolecular Hbond substituents is 1. The van der Waals surface area contributed by atoms with Gasteiger partial charge in [-0.1, -0.05) is 48.5 Å². The first kappa shape index (κ1) is 16.3. The predicted molar refractivity (Wildman–Crippen MR) is 97.4 cm³/mol. The molecule has 1 aliphatic rings. The summed E-state index contributed by atoms with van der Waals surface area (Å²) < 4.78 is 14.4. The van der Waals surface area contributed by atoms with Crippen LogP contribution in [0.15, 0.2) is 66.7 Å². The Morgan fingerprint density at radius 1 is 0.846 bits per heavy atom. The summed E-state index contributed by atoms with van der Waals surface area (Å²) in [6.07, 6.45) is 0.507. The van der Waals surface area contributed by atoms with Gasteiger partial charge in [0.25, 0.3) is 0 Å². The van der Waals surface area contributed by atoms with Gasteiger partial charge in [0, 0.05) is 5.92 Å². The molecule has 130 valence electrons. The van der Waals surface area contributed by atoms with Crippen molar-refractivity contribution < 1.29 is 19.4 Å². The Balaban J connectivity index is 1.57. The minimum atomic E-state index is -0.858. The van der Waals surface area contributed by atoms with Crippen molar-refractivity contribution in [3.63, 3.8) is 0 Å². The van der Waals surface area contributed by atoms with Crippen molar-refractivity contribution >= 4 is 5.97 Å². The Labute approximate surface area is 150 Å². The molecule has 26 heavy (non-hydrogen) atoms. The summed E-state index contributed by atoms with van der Waals surface area (Å²) in [5.41, 5.74) is 4.14. The average molecular weight is 348 g/mol. The number of carboxylic acids is 1. The molecule has 2 N–H and O–H groups in total. The van der Waals surface area contributed by atoms with E-state index in [2.05, 4.69) is 0 Å². The number of hydrogen-bond donors (Lipinski definition) is 2. The van der Waals surface area contributed by atoms with E-state index in [-0.39, 0.29) is 17.5 Å². The van der Waals surface area contributed by atoms with Gasteiger partial charge in [0.05, 0.1) is 5.92 Å². The first-order valence-electron chi connectivity index (χ1n) is 8.45. The smallest absolute Gasteiger partial charge is 0.307 e. The first-order chi connectivity index (χ1) is 12.5. The van der Waals surface area contributed by atoms with E-state index in [1.165, 1.54) is 6.07 Å². The lowest BCUT2D eigenvalue weighted by Gasteiger charge is -2.08. The van der Waals surface area contributed by atoms with Gasteiger partial charge in [0.1, 0.15) is 11.6 Å². The van der Waals surface area contributed by atoms with Crippen LogP contribution in [0.5, 0.6) is 5.75 Å². The van der Waals surface area contributed by atoms with Gasteiger partial charge < -0.3 is 10.2 Å². The molecular formula is C22H17FO3. The largest absolute Gasteiger partial charge is 0.508 e. The van der Waals surface area contributed by atoms with Crippen LogP contribution in [0.3, 0.4) is 0 Å². The van der Waals surface area contributed by atoms with Crippen LogP contribution in [0.4, 0.5) is 4.39 Å². The second kappa shape index (κ2) is 6.30. The van der Waals surface area contributed by atoms with Gasteiger partial charge >= 0.3 is 5.97 Å². The van der Waals surface area contributed by atoms with Crippen LogP contribution in [0.2, 0.25) is 0 Å². The van der Waals surface area contributed by atoms with E-state index >= 15 is 0 Å². The zero-order chi connectivity index (χ0) is 18.3. The van der Waals surface area contributed by atoms with Crippen molar-refractivity contribution in [1.82, 2.24) is 0 Å². The van der Waals surface area contributed by atoms with Crippen LogP contribution in [0, 0.1) is 11.7 Å². The van der Waals surface area contributed by atoms with Gasteiger partial charge in [-0.25, -0.2) is 4.39 Å². The van der Waals surface area contributed by atoms with Crippen LogP contribution >= 0.6 is 0 Å². The zero-order valence-electron chi connectivity index (χ0n) is 13.9. The zero-order valence-corrected chi connectivity index (χ0v) is 13.9. The molecule has 0 bridgehead atoms. The molecule has 4 rings (SSSR count). The Kier molecular flexibility index (Phi) is 3.96. The topological polar surface area (TPSA) is 57.5 Å². The third-order valence-corrected chi connectivity index (χ3v) is 4.93. The third kappa shape index (κ3) is 3.06. The highest BCUT2D eigenvalue weighted by Gasteiger charge is 2.45. The summed E-state index contributed by atoms with van der Waals surface area (Å²) in [6.45, 7) is 0. The number of hydrogen-bond acceptors (Lipinski definition) is 2. The number of carbonyl (C=O) groups is 1. The molecule has 4 heteroatoms. The maximum absolute atomic E-state index is 14.4. The fourth-order valence-electron chi connectivity index (χ4n) is 3.33. The van der Waals surface area contributed by atoms with Gasteiger partial charge in [-0.2, -0.15) is 0 Å². The SMILES string of the molecule is O=C(O)C1CC1c1ccc(-c2ccc(-c3ccc(O)cc3)cc2)cc1F. The molecule has 0 aliphatic heterocycles. The lowest BCUT2D eigenvalue weighted by molar-refractivity contribution is -0.138. The van der Waals surface area contributed by atoms with Crippen LogP contribution in [0.1, 0.15) is 17.9 Å². The lowest BCUT2D eigenvalue weighted by Crippen LogP contribution is -2.00. The molecule has 2 unspecified atom stereocenters. The summed E-state index contributed by atoms with van der Waals surface area (Å²) >= 11 is 0. The van der Waals surface area contributed by atoms with Crippen LogP contribution < -0.4 is 0 Å². The number of rotatable bonds is 4. The molecular weight excluding hydrogens is 331 g/mol. The molecule has 0 saturated heterocycles. The highest BCUT2D eigenvalue weighted by molar-refractivity contribution is 5.76. The number of benzene rings is 3. The van der Waals surface area contributed by atoms with Crippen molar-refractivity contribution in [1.29, 1.82) is 0 Å². The Morgan fingerprint density at radius 3 is 1.85 bits per heavy atom. The Morgan fingerprint density at radius 2 is 1.35 bits per heavy atom. The van der Waals surface area contributed by atoms with Crippen molar-refractivity contribution in [2.75, 3.05) is 0 Å². The van der Waals surface area contributed by atoms with Crippen molar-refractivity contribution in [2.24, 2.45) is 5.92 Å². The second-order valence-electron chi connectivity index (χ2n) is 6.65. The summed E-state index contributed by atoms with van der Waals surface area (Å²) in [4.78, 5) is 11.0. The monoisotopic (exact) mass is 348 g/mol. The van der Waals surface area contributed by atoms with E-state index in [1.807, 2.05) is 42.5 Å². The lowest BCUT2D eigenvalue weighted by atomic mass is 9.98. The second-order valence-corrected chi connectivity index (χ2v) is 6.65. The number of aromatic hydroxyl groups is 1. The van der Waals surface area contributed by atoms with Crippen molar-refractivity contribution in [3.8, 4) is 28.0 Å². The molecule has 0 spiro atoms. The minimum Gasteiger partial charge on any atom is -0.508 e. The number of phenols is 1. The number of halogens is 1. The molecule has 2 atom stereocenters. The van der Waals surface area contributed by atoms with Gasteiger partial charge in [-0.15, -0.1) is 0 Å². The molecule has 1 aliphatic carbocycles. The van der Waals surface area contributed by atoms with Crippen LogP contribution in [0.25, 0.3) is 22.3 Å². The maximum atomic E-state index is 14.4. The van der Waals surface area contributed by atoms with Gasteiger partial charge in [0.15, 0.2) is 0 Å². The molecule has 0 amide bonds. The molecule has 0 heterocycles. The molecule has 1 fully saturated rings. The van der Waals surface area contributed by atoms with Gasteiger partial charge in [0.2, 0.25) is 0 Å². The van der Waals surface area contributed by atoms with Crippen molar-refractivity contribution in [2.45, 2.75) is 12.3 Å². The maximum Gasteiger partial charge on any atom is 0.307 e. The average Bonchev–Trinajstić information content (AvgIpc) is 3.43. The first-order valence-corrected chi connectivity index (χ1v) is 8.45. The summed E-state index contributed by atoms with van der Waals surface area (Å²) in [5.74, 6) is -1.65. The number of aliphatic carboxylic acids is 1. The number of carboxylic acid groups (broad SMARTS) is 1. The van der Waals surface area contributed by atoms with E-state index in [4.69, 9.17) is 5.11 Å². The van der Waals surface area contributed by atoms with Gasteiger partial charge in [-0.3, -0.25) is 4.79 Å². The van der Waals surface area contributed by atoms with E-state index in [1.54, 1.807) is 18.2 Å². The predicted octanol–water partition coefficient (Wildman–Crippen LogP) is 5.05. The highest BCUT2D eigenvalue weighted by atomic mass is 19.1. The summed E-state index contributed by atoms with van der Waals surface area (Å²) in [5, 5.41) is 18.4. The van der Waals surface area contributed by atoms with E-state index in [0.29, 0.717) is 12.0 Å². The molecule has 0 radical (unpaired) electrons. The van der Waals surface area contributed by atoms with E-state index < -0.39 is 11.9 Å². The molecule has 3 aromatic rings. The van der Waals surface area contributed by atoms with Gasteiger partial charge in [-0.05, 0) is 52.4 Å². The van der Waals surface area contributed by atoms with E-state index in [0.717, 1.165) is 22.3 Å². The quantitative estimate of drug-likeness (QED) is 0.693. The Bertz CT molecular complexity index is 962. The van der Waals surface area contributed by atoms with Crippen LogP contribution in [-0.4, -0.2) is 16.2 Å². The minimum absolute atomic E-state index is 0.210. The summed E-state index contributed by atoms with van der Waals surface area (Å²) in [6, 6.07) is 19.7. The standard InChI is InChI=1S/C22H17FO3/c23-21-11-16(7-10-18(21)19-12-20(19)22(25)26)15-3-1-13(2-4-15)14-5-8-17(24)9-6-14/h1-11,19-20,24H,12H2,(H,25,26). The van der Waals surface area contributed by atoms with Crippen LogP contribution in [-0.2, 0) is 4.79 Å². The molecule has 1 saturated carbocycles. The normalized spacial score (nSPS) is 18.5. The van der Waals surface area contributed by atoms with E-state index in [9.17, 15) is 14.3 Å². The fourth-order valence-corrected chi connectivity index (χ4v) is 3.33. The molecule has 3 aromatic carbocycles. The summed E-state index contributed by atoms with van der Waals surface area (Å²) in [7, 11) is 0. The third-order valence-electron chi connectivity index (χ3n) is 4.93. The van der Waals surface area contributed by atoms with Crippen molar-refractivity contribution in [3.05, 3.63) is 78.1 Å².